The summed E-state index contributed by atoms with van der Waals surface area (Å²) < 4.78 is 0. The van der Waals surface area contributed by atoms with Crippen molar-refractivity contribution in [3.8, 4) is 10.6 Å². The van der Waals surface area contributed by atoms with Gasteiger partial charge < -0.3 is 5.32 Å². The van der Waals surface area contributed by atoms with Crippen molar-refractivity contribution in [1.29, 1.82) is 0 Å². The third-order valence-corrected chi connectivity index (χ3v) is 5.03. The van der Waals surface area contributed by atoms with Gasteiger partial charge in [-0.1, -0.05) is 42.5 Å². The van der Waals surface area contributed by atoms with Crippen LogP contribution in [0.5, 0.6) is 0 Å². The van der Waals surface area contributed by atoms with Gasteiger partial charge in [-0.3, -0.25) is 4.79 Å². The Morgan fingerprint density at radius 3 is 2.65 bits per heavy atom. The summed E-state index contributed by atoms with van der Waals surface area (Å²) in [6.07, 6.45) is 2.28. The third-order valence-electron chi connectivity index (χ3n) is 3.30. The summed E-state index contributed by atoms with van der Waals surface area (Å²) in [6, 6.07) is 17.8. The molecule has 0 bridgehead atoms. The first-order valence-corrected chi connectivity index (χ1v) is 9.29. The van der Waals surface area contributed by atoms with E-state index >= 15 is 0 Å². The summed E-state index contributed by atoms with van der Waals surface area (Å²) in [5.74, 6) is -0.0450. The summed E-state index contributed by atoms with van der Waals surface area (Å²) in [7, 11) is 0. The lowest BCUT2D eigenvalue weighted by molar-refractivity contribution is -0.115. The molecule has 3 nitrogen and oxygen atoms in total. The monoisotopic (exact) mass is 340 g/mol. The molecule has 0 aliphatic carbocycles. The number of hydrogen-bond donors (Lipinski definition) is 1. The van der Waals surface area contributed by atoms with Gasteiger partial charge in [0, 0.05) is 15.8 Å². The largest absolute Gasteiger partial charge is 0.325 e. The highest BCUT2D eigenvalue weighted by molar-refractivity contribution is 7.98. The number of thioether (sulfide) groups is 1. The molecule has 0 atom stereocenters. The maximum Gasteiger partial charge on any atom is 0.230 e. The van der Waals surface area contributed by atoms with Gasteiger partial charge >= 0.3 is 0 Å². The molecular formula is C18H16N2OS2. The van der Waals surface area contributed by atoms with Crippen molar-refractivity contribution in [2.24, 2.45) is 0 Å². The van der Waals surface area contributed by atoms with Gasteiger partial charge in [-0.15, -0.1) is 23.1 Å². The number of benzene rings is 2. The van der Waals surface area contributed by atoms with Gasteiger partial charge in [0.15, 0.2) is 0 Å². The summed E-state index contributed by atoms with van der Waals surface area (Å²) >= 11 is 3.18. The van der Waals surface area contributed by atoms with Crippen LogP contribution >= 0.6 is 23.1 Å². The van der Waals surface area contributed by atoms with Crippen LogP contribution in [0, 0.1) is 0 Å². The van der Waals surface area contributed by atoms with Crippen LogP contribution in [0.15, 0.2) is 64.9 Å². The third kappa shape index (κ3) is 4.00. The number of anilines is 1. The minimum atomic E-state index is -0.0450. The molecule has 0 aliphatic rings. The number of amides is 1. The van der Waals surface area contributed by atoms with E-state index in [9.17, 15) is 4.79 Å². The first-order chi connectivity index (χ1) is 11.3. The van der Waals surface area contributed by atoms with Gasteiger partial charge in [0.1, 0.15) is 5.01 Å². The number of carbonyl (C=O) groups excluding carboxylic acids is 1. The first-order valence-electron chi connectivity index (χ1n) is 7.19. The Morgan fingerprint density at radius 2 is 1.87 bits per heavy atom. The average Bonchev–Trinajstić information content (AvgIpc) is 3.04. The second-order valence-corrected chi connectivity index (χ2v) is 6.64. The Bertz CT molecular complexity index is 800. The Morgan fingerprint density at radius 1 is 1.13 bits per heavy atom. The second kappa shape index (κ2) is 7.44. The molecular weight excluding hydrogens is 324 g/mol. The lowest BCUT2D eigenvalue weighted by Gasteiger charge is -2.08. The fourth-order valence-electron chi connectivity index (χ4n) is 2.21. The predicted molar refractivity (Wildman–Crippen MR) is 98.1 cm³/mol. The molecule has 2 aromatic carbocycles. The molecule has 0 saturated carbocycles. The SMILES string of the molecule is CSc1ccccc1NC(=O)Cc1csc(-c2ccccc2)n1. The molecule has 1 heterocycles. The Hall–Kier alpha value is -2.11. The zero-order chi connectivity index (χ0) is 16.1. The highest BCUT2D eigenvalue weighted by Crippen LogP contribution is 2.26. The van der Waals surface area contributed by atoms with Crippen LogP contribution in [0.25, 0.3) is 10.6 Å². The molecule has 116 valence electrons. The number of thiazole rings is 1. The minimum Gasteiger partial charge on any atom is -0.325 e. The summed E-state index contributed by atoms with van der Waals surface area (Å²) in [4.78, 5) is 17.9. The van der Waals surface area contributed by atoms with Crippen molar-refractivity contribution in [3.05, 3.63) is 65.7 Å². The number of carbonyl (C=O) groups is 1. The summed E-state index contributed by atoms with van der Waals surface area (Å²) in [5, 5.41) is 5.85. The molecule has 3 rings (SSSR count). The van der Waals surface area contributed by atoms with E-state index in [0.29, 0.717) is 0 Å². The van der Waals surface area contributed by atoms with Gasteiger partial charge in [-0.2, -0.15) is 0 Å². The van der Waals surface area contributed by atoms with Crippen LogP contribution in [0.3, 0.4) is 0 Å². The maximum atomic E-state index is 12.2. The van der Waals surface area contributed by atoms with Gasteiger partial charge in [-0.05, 0) is 18.4 Å². The smallest absolute Gasteiger partial charge is 0.230 e. The van der Waals surface area contributed by atoms with E-state index in [4.69, 9.17) is 0 Å². The van der Waals surface area contributed by atoms with E-state index < -0.39 is 0 Å². The van der Waals surface area contributed by atoms with Gasteiger partial charge in [0.2, 0.25) is 5.91 Å². The van der Waals surface area contributed by atoms with E-state index in [1.165, 1.54) is 0 Å². The average molecular weight is 340 g/mol. The van der Waals surface area contributed by atoms with Gasteiger partial charge in [-0.25, -0.2) is 4.98 Å². The molecule has 0 spiro atoms. The Labute approximate surface area is 143 Å². The molecule has 23 heavy (non-hydrogen) atoms. The van der Waals surface area contributed by atoms with Crippen molar-refractivity contribution in [2.75, 3.05) is 11.6 Å². The number of hydrogen-bond acceptors (Lipinski definition) is 4. The number of nitrogens with zero attached hydrogens (tertiary/aromatic N) is 1. The van der Waals surface area contributed by atoms with Gasteiger partial charge in [0.25, 0.3) is 0 Å². The molecule has 0 fully saturated rings. The molecule has 1 amide bonds. The number of nitrogens with one attached hydrogen (secondary N) is 1. The molecule has 0 aliphatic heterocycles. The Balaban J connectivity index is 1.68. The van der Waals surface area contributed by atoms with E-state index in [-0.39, 0.29) is 12.3 Å². The van der Waals surface area contributed by atoms with Crippen LogP contribution in [0.2, 0.25) is 0 Å². The lowest BCUT2D eigenvalue weighted by Crippen LogP contribution is -2.15. The highest BCUT2D eigenvalue weighted by Gasteiger charge is 2.10. The number of para-hydroxylation sites is 1. The van der Waals surface area contributed by atoms with E-state index in [1.54, 1.807) is 23.1 Å². The fraction of sp³-hybridized carbons (Fsp3) is 0.111. The van der Waals surface area contributed by atoms with E-state index in [1.807, 2.05) is 66.2 Å². The van der Waals surface area contributed by atoms with Crippen molar-refractivity contribution < 1.29 is 4.79 Å². The molecule has 1 N–H and O–H groups in total. The standard InChI is InChI=1S/C18H16N2OS2/c1-22-16-10-6-5-9-15(16)20-17(21)11-14-12-23-18(19-14)13-7-3-2-4-8-13/h2-10,12H,11H2,1H3,(H,20,21). The predicted octanol–water partition coefficient (Wildman–Crippen LogP) is 4.71. The first kappa shape index (κ1) is 15.8. The summed E-state index contributed by atoms with van der Waals surface area (Å²) in [5.41, 5.74) is 2.73. The van der Waals surface area contributed by atoms with Crippen molar-refractivity contribution in [2.45, 2.75) is 11.3 Å². The zero-order valence-electron chi connectivity index (χ0n) is 12.7. The topological polar surface area (TPSA) is 42.0 Å². The van der Waals surface area contributed by atoms with Crippen LogP contribution in [-0.2, 0) is 11.2 Å². The minimum absolute atomic E-state index is 0.0450. The van der Waals surface area contributed by atoms with Crippen LogP contribution in [0.4, 0.5) is 5.69 Å². The molecule has 0 radical (unpaired) electrons. The number of aromatic nitrogens is 1. The van der Waals surface area contributed by atoms with Crippen molar-refractivity contribution >= 4 is 34.7 Å². The van der Waals surface area contributed by atoms with Crippen LogP contribution in [0.1, 0.15) is 5.69 Å². The second-order valence-electron chi connectivity index (χ2n) is 4.94. The highest BCUT2D eigenvalue weighted by atomic mass is 32.2. The lowest BCUT2D eigenvalue weighted by atomic mass is 10.2. The normalized spacial score (nSPS) is 10.5. The molecule has 1 aromatic heterocycles. The fourth-order valence-corrected chi connectivity index (χ4v) is 3.59. The quantitative estimate of drug-likeness (QED) is 0.684. The van der Waals surface area contributed by atoms with E-state index in [2.05, 4.69) is 10.3 Å². The van der Waals surface area contributed by atoms with Crippen molar-refractivity contribution in [3.63, 3.8) is 0 Å². The number of rotatable bonds is 5. The Kier molecular flexibility index (Phi) is 5.10. The molecule has 5 heteroatoms. The molecule has 0 unspecified atom stereocenters. The molecule has 0 saturated heterocycles. The van der Waals surface area contributed by atoms with Gasteiger partial charge in [0.05, 0.1) is 17.8 Å². The zero-order valence-corrected chi connectivity index (χ0v) is 14.3. The van der Waals surface area contributed by atoms with E-state index in [0.717, 1.165) is 26.8 Å². The maximum absolute atomic E-state index is 12.2. The van der Waals surface area contributed by atoms with Crippen LogP contribution < -0.4 is 5.32 Å². The van der Waals surface area contributed by atoms with Crippen molar-refractivity contribution in [1.82, 2.24) is 4.98 Å². The molecule has 3 aromatic rings. The summed E-state index contributed by atoms with van der Waals surface area (Å²) in [6.45, 7) is 0. The van der Waals surface area contributed by atoms with Crippen LogP contribution in [-0.4, -0.2) is 17.1 Å².